The van der Waals surface area contributed by atoms with Gasteiger partial charge in [0, 0.05) is 5.92 Å². The smallest absolute Gasteiger partial charge is 0.407 e. The quantitative estimate of drug-likeness (QED) is 0.499. The highest BCUT2D eigenvalue weighted by Gasteiger charge is 2.32. The summed E-state index contributed by atoms with van der Waals surface area (Å²) in [6.07, 6.45) is -0.737. The van der Waals surface area contributed by atoms with Crippen LogP contribution < -0.4 is 10.6 Å². The third kappa shape index (κ3) is 6.60. The van der Waals surface area contributed by atoms with E-state index in [9.17, 15) is 19.5 Å². The van der Waals surface area contributed by atoms with E-state index in [1.165, 1.54) is 0 Å². The average molecular weight is 483 g/mol. The van der Waals surface area contributed by atoms with Crippen LogP contribution in [0.4, 0.5) is 4.79 Å². The Labute approximate surface area is 206 Å². The Hall–Kier alpha value is -3.39. The van der Waals surface area contributed by atoms with E-state index >= 15 is 0 Å². The number of benzene rings is 2. The zero-order valence-corrected chi connectivity index (χ0v) is 20.8. The standard InChI is InChI=1S/C27H34N2O6/c1-16(2)23(24(30)28-22(25(31)32)15-35-27(3,4)5)29-26(33)34-14-21-19-12-8-6-10-17(19)18-11-7-9-13-20(18)21/h6-13,16,21-23H,14-15H2,1-5H3,(H,28,30)(H,29,33)(H,31,32)/t22-,23-/m0/s1. The van der Waals surface area contributed by atoms with Crippen molar-refractivity contribution < 1.29 is 29.0 Å². The molecule has 8 heteroatoms. The van der Waals surface area contributed by atoms with Gasteiger partial charge in [0.15, 0.2) is 6.04 Å². The molecule has 2 aromatic rings. The van der Waals surface area contributed by atoms with Crippen LogP contribution in [-0.2, 0) is 19.1 Å². The van der Waals surface area contributed by atoms with Crippen LogP contribution in [-0.4, -0.2) is 54.0 Å². The third-order valence-corrected chi connectivity index (χ3v) is 5.86. The van der Waals surface area contributed by atoms with E-state index in [2.05, 4.69) is 22.8 Å². The van der Waals surface area contributed by atoms with E-state index in [-0.39, 0.29) is 25.0 Å². The number of carbonyl (C=O) groups excluding carboxylic acids is 2. The third-order valence-electron chi connectivity index (χ3n) is 5.86. The molecule has 3 rings (SSSR count). The molecule has 1 aliphatic carbocycles. The Morgan fingerprint density at radius 3 is 1.97 bits per heavy atom. The molecule has 0 aliphatic heterocycles. The Morgan fingerprint density at radius 2 is 1.49 bits per heavy atom. The van der Waals surface area contributed by atoms with Crippen LogP contribution in [0.2, 0.25) is 0 Å². The molecule has 0 aromatic heterocycles. The van der Waals surface area contributed by atoms with Gasteiger partial charge in [-0.2, -0.15) is 0 Å². The molecule has 1 aliphatic rings. The van der Waals surface area contributed by atoms with Gasteiger partial charge in [-0.15, -0.1) is 0 Å². The molecule has 3 N–H and O–H groups in total. The van der Waals surface area contributed by atoms with Gasteiger partial charge < -0.3 is 25.2 Å². The number of hydrogen-bond acceptors (Lipinski definition) is 5. The number of amides is 2. The molecular formula is C27H34N2O6. The molecule has 8 nitrogen and oxygen atoms in total. The van der Waals surface area contributed by atoms with Gasteiger partial charge in [0.2, 0.25) is 5.91 Å². The highest BCUT2D eigenvalue weighted by Crippen LogP contribution is 2.44. The molecule has 0 heterocycles. The van der Waals surface area contributed by atoms with Crippen molar-refractivity contribution >= 4 is 18.0 Å². The fraction of sp³-hybridized carbons (Fsp3) is 0.444. The zero-order valence-electron chi connectivity index (χ0n) is 20.8. The lowest BCUT2D eigenvalue weighted by Crippen LogP contribution is -2.55. The molecular weight excluding hydrogens is 448 g/mol. The minimum atomic E-state index is -1.24. The van der Waals surface area contributed by atoms with E-state index in [1.54, 1.807) is 34.6 Å². The summed E-state index contributed by atoms with van der Waals surface area (Å²) in [7, 11) is 0. The van der Waals surface area contributed by atoms with Crippen molar-refractivity contribution in [2.75, 3.05) is 13.2 Å². The van der Waals surface area contributed by atoms with E-state index in [4.69, 9.17) is 9.47 Å². The van der Waals surface area contributed by atoms with Crippen molar-refractivity contribution in [1.29, 1.82) is 0 Å². The van der Waals surface area contributed by atoms with Crippen LogP contribution in [0.5, 0.6) is 0 Å². The van der Waals surface area contributed by atoms with Crippen molar-refractivity contribution in [2.24, 2.45) is 5.92 Å². The molecule has 0 saturated heterocycles. The predicted molar refractivity (Wildman–Crippen MR) is 132 cm³/mol. The molecule has 188 valence electrons. The highest BCUT2D eigenvalue weighted by molar-refractivity contribution is 5.89. The molecule has 0 unspecified atom stereocenters. The summed E-state index contributed by atoms with van der Waals surface area (Å²) in [5, 5.41) is 14.5. The Balaban J connectivity index is 1.63. The van der Waals surface area contributed by atoms with Crippen molar-refractivity contribution in [3.8, 4) is 11.1 Å². The second kappa shape index (κ2) is 10.9. The SMILES string of the molecule is CC(C)[C@H](NC(=O)OCC1c2ccccc2-c2ccccc21)C(=O)N[C@@H](COC(C)(C)C)C(=O)O. The number of nitrogens with one attached hydrogen (secondary N) is 2. The summed E-state index contributed by atoms with van der Waals surface area (Å²) in [5.41, 5.74) is 3.85. The van der Waals surface area contributed by atoms with Crippen LogP contribution in [0.3, 0.4) is 0 Å². The molecule has 0 saturated carbocycles. The fourth-order valence-electron chi connectivity index (χ4n) is 4.07. The Kier molecular flexibility index (Phi) is 8.17. The maximum Gasteiger partial charge on any atom is 0.407 e. The monoisotopic (exact) mass is 482 g/mol. The number of carboxylic acid groups (broad SMARTS) is 1. The van der Waals surface area contributed by atoms with Gasteiger partial charge >= 0.3 is 12.1 Å². The van der Waals surface area contributed by atoms with Gasteiger partial charge in [0.1, 0.15) is 12.6 Å². The van der Waals surface area contributed by atoms with Crippen LogP contribution in [0.15, 0.2) is 48.5 Å². The molecule has 35 heavy (non-hydrogen) atoms. The van der Waals surface area contributed by atoms with Crippen molar-refractivity contribution in [1.82, 2.24) is 10.6 Å². The van der Waals surface area contributed by atoms with Gasteiger partial charge in [-0.3, -0.25) is 4.79 Å². The van der Waals surface area contributed by atoms with Crippen LogP contribution in [0.1, 0.15) is 51.7 Å². The first-order valence-electron chi connectivity index (χ1n) is 11.8. The van der Waals surface area contributed by atoms with Crippen molar-refractivity contribution in [3.63, 3.8) is 0 Å². The molecule has 2 amide bonds. The molecule has 2 aromatic carbocycles. The lowest BCUT2D eigenvalue weighted by molar-refractivity contribution is -0.145. The lowest BCUT2D eigenvalue weighted by Gasteiger charge is -2.26. The van der Waals surface area contributed by atoms with Crippen LogP contribution in [0, 0.1) is 5.92 Å². The van der Waals surface area contributed by atoms with Gasteiger partial charge in [-0.1, -0.05) is 62.4 Å². The van der Waals surface area contributed by atoms with Gasteiger partial charge in [-0.05, 0) is 48.9 Å². The number of hydrogen-bond donors (Lipinski definition) is 3. The van der Waals surface area contributed by atoms with Crippen LogP contribution in [0.25, 0.3) is 11.1 Å². The maximum atomic E-state index is 12.8. The van der Waals surface area contributed by atoms with Crippen LogP contribution >= 0.6 is 0 Å². The molecule has 0 radical (unpaired) electrons. The van der Waals surface area contributed by atoms with Gasteiger partial charge in [-0.25, -0.2) is 9.59 Å². The molecule has 0 fully saturated rings. The predicted octanol–water partition coefficient (Wildman–Crippen LogP) is 3.93. The second-order valence-electron chi connectivity index (χ2n) is 10.0. The number of aliphatic carboxylic acids is 1. The summed E-state index contributed by atoms with van der Waals surface area (Å²) < 4.78 is 11.1. The summed E-state index contributed by atoms with van der Waals surface area (Å²) >= 11 is 0. The molecule has 0 spiro atoms. The first-order valence-corrected chi connectivity index (χ1v) is 11.8. The molecule has 0 bridgehead atoms. The maximum absolute atomic E-state index is 12.8. The van der Waals surface area contributed by atoms with E-state index in [0.29, 0.717) is 0 Å². The fourth-order valence-corrected chi connectivity index (χ4v) is 4.07. The van der Waals surface area contributed by atoms with E-state index in [1.807, 2.05) is 36.4 Å². The zero-order chi connectivity index (χ0) is 25.8. The summed E-state index contributed by atoms with van der Waals surface area (Å²) in [6.45, 7) is 8.82. The highest BCUT2D eigenvalue weighted by atomic mass is 16.5. The first kappa shape index (κ1) is 26.2. The summed E-state index contributed by atoms with van der Waals surface area (Å²) in [6, 6.07) is 13.8. The van der Waals surface area contributed by atoms with Crippen molar-refractivity contribution in [3.05, 3.63) is 59.7 Å². The number of carbonyl (C=O) groups is 3. The normalized spacial score (nSPS) is 14.6. The molecule has 2 atom stereocenters. The minimum Gasteiger partial charge on any atom is -0.480 e. The van der Waals surface area contributed by atoms with Gasteiger partial charge in [0.25, 0.3) is 0 Å². The number of ether oxygens (including phenoxy) is 2. The van der Waals surface area contributed by atoms with E-state index < -0.39 is 35.7 Å². The number of alkyl carbamates (subject to hydrolysis) is 1. The number of carboxylic acids is 1. The van der Waals surface area contributed by atoms with E-state index in [0.717, 1.165) is 22.3 Å². The second-order valence-corrected chi connectivity index (χ2v) is 10.0. The van der Waals surface area contributed by atoms with Crippen molar-refractivity contribution in [2.45, 2.75) is 58.2 Å². The summed E-state index contributed by atoms with van der Waals surface area (Å²) in [5.74, 6) is -2.23. The number of rotatable bonds is 9. The lowest BCUT2D eigenvalue weighted by atomic mass is 9.98. The summed E-state index contributed by atoms with van der Waals surface area (Å²) in [4.78, 5) is 37.1. The average Bonchev–Trinajstić information content (AvgIpc) is 3.11. The largest absolute Gasteiger partial charge is 0.480 e. The Morgan fingerprint density at radius 1 is 0.943 bits per heavy atom. The van der Waals surface area contributed by atoms with Gasteiger partial charge in [0.05, 0.1) is 12.2 Å². The number of fused-ring (bicyclic) bond motifs is 3. The minimum absolute atomic E-state index is 0.106. The topological polar surface area (TPSA) is 114 Å². The first-order chi connectivity index (χ1) is 16.5. The Bertz CT molecular complexity index is 1030.